The highest BCUT2D eigenvalue weighted by molar-refractivity contribution is 7.41. The Morgan fingerprint density at radius 3 is 1.38 bits per heavy atom. The highest BCUT2D eigenvalue weighted by Crippen LogP contribution is 2.54. The average molecular weight is 1160 g/mol. The molecule has 6 heterocycles. The average Bonchev–Trinajstić information content (AvgIpc) is 4.10. The molecule has 3 saturated heterocycles. The van der Waals surface area contributed by atoms with Crippen LogP contribution in [0, 0.1) is 27.3 Å². The molecule has 25 heteroatoms. The molecule has 6 rings (SSSR count). The van der Waals surface area contributed by atoms with Crippen molar-refractivity contribution < 1.29 is 41.7 Å². The smallest absolute Gasteiger partial charge is 0.333 e. The molecule has 0 amide bonds. The maximum absolute atomic E-state index is 13.0. The van der Waals surface area contributed by atoms with E-state index in [2.05, 4.69) is 87.5 Å². The summed E-state index contributed by atoms with van der Waals surface area (Å²) in [6.45, 7) is 43.8. The van der Waals surface area contributed by atoms with Crippen molar-refractivity contribution in [1.29, 1.82) is 0 Å². The predicted octanol–water partition coefficient (Wildman–Crippen LogP) is 8.28. The van der Waals surface area contributed by atoms with Crippen LogP contribution in [-0.2, 0) is 36.6 Å². The van der Waals surface area contributed by atoms with Gasteiger partial charge < -0.3 is 46.6 Å². The molecule has 0 aliphatic carbocycles. The Kier molecular flexibility index (Phi) is 21.7. The van der Waals surface area contributed by atoms with Gasteiger partial charge in [-0.05, 0) is 89.1 Å². The van der Waals surface area contributed by atoms with Gasteiger partial charge in [-0.3, -0.25) is 43.0 Å². The minimum Gasteiger partial charge on any atom is -0.411 e. The standard InChI is InChI=1S/C34H54N5O10PSi.C20H36N2O5Si/c1-12-23-24(17-26(45-23)38-19-21(4)29(40)36-31(38)42)47-50(44-16-15-35-9)49-34(13-2,14-3)28-25(48-51(10,11)33(6,7)8)18-27(46-28)39-20-22(5)30(41)37-32(39)43;1-9-20(25,10-2)16-14(27-28(7,8)19(4,5)6)11-15(26-16)22-12-13(3)17(23)21-18(22)24/h19-20,23-28H,12-18H2,1-8,10-11H3,(H,36,40,42)(H,37,41,43);12,14-16,25H,9-11H2,1-8H3,(H,21,23,24)/t23-,24-,25-,26-,27-,28+,50?;14-,15-,16+/m11/s1. The van der Waals surface area contributed by atoms with Crippen molar-refractivity contribution in [3.8, 4) is 0 Å². The minimum atomic E-state index is -2.38. The normalized spacial score (nSPS) is 24.6. The highest BCUT2D eigenvalue weighted by Gasteiger charge is 2.55. The van der Waals surface area contributed by atoms with Gasteiger partial charge in [-0.25, -0.2) is 21.0 Å². The third kappa shape index (κ3) is 15.0. The number of aliphatic hydroxyl groups is 1. The summed E-state index contributed by atoms with van der Waals surface area (Å²) in [5, 5.41) is 11.1. The molecule has 3 aromatic rings. The first-order chi connectivity index (χ1) is 36.6. The molecule has 0 aromatic carbocycles. The van der Waals surface area contributed by atoms with E-state index in [4.69, 9.17) is 43.2 Å². The molecule has 0 saturated carbocycles. The zero-order valence-electron chi connectivity index (χ0n) is 49.9. The summed E-state index contributed by atoms with van der Waals surface area (Å²) in [4.78, 5) is 84.6. The first-order valence-electron chi connectivity index (χ1n) is 27.8. The highest BCUT2D eigenvalue weighted by atomic mass is 31.2. The van der Waals surface area contributed by atoms with Crippen molar-refractivity contribution in [2.24, 2.45) is 0 Å². The maximum atomic E-state index is 13.0. The predicted molar refractivity (Wildman–Crippen MR) is 307 cm³/mol. The molecule has 10 atom stereocenters. The monoisotopic (exact) mass is 1160 g/mol. The van der Waals surface area contributed by atoms with Crippen LogP contribution in [0.4, 0.5) is 0 Å². The fourth-order valence-electron chi connectivity index (χ4n) is 9.62. The Balaban J connectivity index is 0.000000345. The molecule has 1 unspecified atom stereocenters. The summed E-state index contributed by atoms with van der Waals surface area (Å²) in [5.41, 5.74) is -3.83. The van der Waals surface area contributed by atoms with Crippen molar-refractivity contribution >= 4 is 25.2 Å². The molecule has 3 aromatic heterocycles. The fraction of sp³-hybridized carbons (Fsp3) is 0.759. The zero-order chi connectivity index (χ0) is 59.4. The Bertz CT molecular complexity index is 2960. The second kappa shape index (κ2) is 26.1. The first-order valence-corrected chi connectivity index (χ1v) is 34.7. The molecule has 4 N–H and O–H groups in total. The van der Waals surface area contributed by atoms with Crippen LogP contribution in [0.1, 0.15) is 163 Å². The van der Waals surface area contributed by atoms with Crippen molar-refractivity contribution in [2.45, 2.75) is 251 Å². The lowest BCUT2D eigenvalue weighted by atomic mass is 9.87. The summed E-state index contributed by atoms with van der Waals surface area (Å²) < 4.78 is 56.8. The van der Waals surface area contributed by atoms with Crippen molar-refractivity contribution in [1.82, 2.24) is 28.7 Å². The minimum absolute atomic E-state index is 0.0115. The van der Waals surface area contributed by atoms with E-state index in [1.807, 2.05) is 34.6 Å². The zero-order valence-corrected chi connectivity index (χ0v) is 52.8. The molecule has 3 aliphatic rings. The second-order valence-electron chi connectivity index (χ2n) is 24.3. The molecule has 0 radical (unpaired) electrons. The number of hydrogen-bond donors (Lipinski definition) is 4. The second-order valence-corrected chi connectivity index (χ2v) is 34.9. The van der Waals surface area contributed by atoms with Crippen LogP contribution in [0.5, 0.6) is 0 Å². The molecular formula is C54H90N7O15PSi2. The summed E-state index contributed by atoms with van der Waals surface area (Å²) in [6.07, 6.45) is 3.18. The molecular weight excluding hydrogens is 1070 g/mol. The van der Waals surface area contributed by atoms with Crippen molar-refractivity contribution in [3.63, 3.8) is 0 Å². The summed E-state index contributed by atoms with van der Waals surface area (Å²) >= 11 is 0. The van der Waals surface area contributed by atoms with Crippen LogP contribution >= 0.6 is 8.60 Å². The Labute approximate surface area is 467 Å². The number of H-pyrrole nitrogens is 3. The molecule has 79 heavy (non-hydrogen) atoms. The lowest BCUT2D eigenvalue weighted by Crippen LogP contribution is -2.53. The molecule has 0 bridgehead atoms. The Morgan fingerprint density at radius 2 is 1.01 bits per heavy atom. The van der Waals surface area contributed by atoms with Crippen molar-refractivity contribution in [3.05, 3.63) is 109 Å². The van der Waals surface area contributed by atoms with Gasteiger partial charge in [0.15, 0.2) is 16.6 Å². The van der Waals surface area contributed by atoms with Crippen molar-refractivity contribution in [2.75, 3.05) is 13.2 Å². The largest absolute Gasteiger partial charge is 0.411 e. The molecule has 0 spiro atoms. The van der Waals surface area contributed by atoms with E-state index in [1.54, 1.807) is 20.8 Å². The van der Waals surface area contributed by atoms with E-state index in [0.717, 1.165) is 0 Å². The summed E-state index contributed by atoms with van der Waals surface area (Å²) in [7, 11) is -6.60. The van der Waals surface area contributed by atoms with E-state index >= 15 is 0 Å². The Morgan fingerprint density at radius 1 is 0.633 bits per heavy atom. The number of nitrogens with one attached hydrogen (secondary N) is 3. The lowest BCUT2D eigenvalue weighted by molar-refractivity contribution is -0.141. The van der Waals surface area contributed by atoms with Gasteiger partial charge >= 0.3 is 25.7 Å². The van der Waals surface area contributed by atoms with Gasteiger partial charge in [0, 0.05) is 54.5 Å². The number of rotatable bonds is 21. The van der Waals surface area contributed by atoms with Crippen LogP contribution < -0.4 is 33.7 Å². The van der Waals surface area contributed by atoms with Gasteiger partial charge in [0.05, 0.1) is 30.0 Å². The summed E-state index contributed by atoms with van der Waals surface area (Å²) in [5.74, 6) is 0. The topological polar surface area (TPSA) is 263 Å². The van der Waals surface area contributed by atoms with Crippen LogP contribution in [0.3, 0.4) is 0 Å². The Hall–Kier alpha value is -3.97. The number of aromatic nitrogens is 6. The molecule has 3 fully saturated rings. The van der Waals surface area contributed by atoms with Gasteiger partial charge in [0.1, 0.15) is 43.1 Å². The third-order valence-corrected chi connectivity index (χ3v) is 27.3. The van der Waals surface area contributed by atoms with Gasteiger partial charge in [0.2, 0.25) is 6.54 Å². The number of ether oxygens (including phenoxy) is 3. The SMILES string of the molecule is CCC(O)(CC)[C@H]1O[C@@H](n2cc(C)c(=O)[nH]c2=O)C[C@H]1O[Si](C)(C)C(C)(C)C.[C-]#[N+]CCOP(O[C@@H]1C[C@H](n2cc(C)c(=O)[nH]c2=O)O[C@@H]1CC)OC(CC)(CC)[C@H]1O[C@@H](n2cc(C)c(=O)[nH]c2=O)C[C@H]1O[Si](C)(C)C(C)(C)C. The quantitative estimate of drug-likeness (QED) is 0.0338. The van der Waals surface area contributed by atoms with E-state index in [1.165, 1.54) is 32.3 Å². The van der Waals surface area contributed by atoms with Gasteiger partial charge in [0.25, 0.3) is 16.7 Å². The van der Waals surface area contributed by atoms with E-state index in [0.29, 0.717) is 61.6 Å². The van der Waals surface area contributed by atoms with Crippen LogP contribution in [0.15, 0.2) is 47.4 Å². The number of aromatic amines is 3. The van der Waals surface area contributed by atoms with Gasteiger partial charge in [-0.2, -0.15) is 0 Å². The van der Waals surface area contributed by atoms with Gasteiger partial charge in [-0.1, -0.05) is 76.2 Å². The van der Waals surface area contributed by atoms with E-state index in [9.17, 15) is 33.9 Å². The molecule has 22 nitrogen and oxygen atoms in total. The fourth-order valence-corrected chi connectivity index (χ4v) is 13.8. The van der Waals surface area contributed by atoms with Gasteiger partial charge in [-0.15, -0.1) is 0 Å². The number of hydrogen-bond acceptors (Lipinski definition) is 15. The third-order valence-electron chi connectivity index (χ3n) is 17.0. The first kappa shape index (κ1) is 65.8. The molecule has 3 aliphatic heterocycles. The van der Waals surface area contributed by atoms with E-state index < -0.39 is 119 Å². The summed E-state index contributed by atoms with van der Waals surface area (Å²) in [6, 6.07) is 0. The molecule has 444 valence electrons. The maximum Gasteiger partial charge on any atom is 0.333 e. The lowest BCUT2D eigenvalue weighted by Gasteiger charge is -2.44. The number of nitrogens with zero attached hydrogens (tertiary/aromatic N) is 4. The van der Waals surface area contributed by atoms with Crippen LogP contribution in [0.25, 0.3) is 4.85 Å². The number of aryl methyl sites for hydroxylation is 3. The van der Waals surface area contributed by atoms with Crippen LogP contribution in [0.2, 0.25) is 36.3 Å². The van der Waals surface area contributed by atoms with Crippen LogP contribution in [-0.4, -0.2) is 111 Å². The van der Waals surface area contributed by atoms with E-state index in [-0.39, 0.29) is 35.8 Å².